The highest BCUT2D eigenvalue weighted by atomic mass is 16.2. The molecule has 1 aromatic heterocycles. The zero-order valence-electron chi connectivity index (χ0n) is 13.4. The highest BCUT2D eigenvalue weighted by Crippen LogP contribution is 2.35. The summed E-state index contributed by atoms with van der Waals surface area (Å²) in [5.41, 5.74) is 0. The number of carbonyl (C=O) groups is 2. The average molecular weight is 308 g/mol. The number of hydrogen-bond acceptors (Lipinski definition) is 5. The zero-order chi connectivity index (χ0) is 16.1. The fraction of sp³-hybridized carbons (Fsp3) is 0.786. The van der Waals surface area contributed by atoms with Gasteiger partial charge in [0.2, 0.25) is 11.8 Å². The molecule has 0 aromatic carbocycles. The Balaban J connectivity index is 1.72. The number of tetrazole rings is 1. The second-order valence-electron chi connectivity index (χ2n) is 6.20. The summed E-state index contributed by atoms with van der Waals surface area (Å²) in [7, 11) is 0. The van der Waals surface area contributed by atoms with Gasteiger partial charge in [0.15, 0.2) is 5.82 Å². The molecule has 0 aliphatic heterocycles. The Kier molecular flexibility index (Phi) is 5.46. The van der Waals surface area contributed by atoms with Crippen molar-refractivity contribution in [2.45, 2.75) is 58.5 Å². The molecule has 0 saturated heterocycles. The molecule has 1 aromatic rings. The van der Waals surface area contributed by atoms with E-state index in [1.165, 1.54) is 0 Å². The zero-order valence-corrected chi connectivity index (χ0v) is 13.4. The van der Waals surface area contributed by atoms with Crippen molar-refractivity contribution in [1.82, 2.24) is 30.8 Å². The van der Waals surface area contributed by atoms with Gasteiger partial charge in [0.1, 0.15) is 0 Å². The van der Waals surface area contributed by atoms with Crippen LogP contribution >= 0.6 is 0 Å². The Morgan fingerprint density at radius 2 is 2.00 bits per heavy atom. The molecule has 0 unspecified atom stereocenters. The molecule has 1 aliphatic rings. The Hall–Kier alpha value is -1.99. The van der Waals surface area contributed by atoms with Crippen LogP contribution in [-0.4, -0.2) is 38.6 Å². The maximum atomic E-state index is 11.9. The molecule has 1 saturated carbocycles. The van der Waals surface area contributed by atoms with Crippen molar-refractivity contribution in [3.8, 4) is 0 Å². The van der Waals surface area contributed by atoms with E-state index in [4.69, 9.17) is 0 Å². The van der Waals surface area contributed by atoms with Gasteiger partial charge < -0.3 is 10.6 Å². The fourth-order valence-electron chi connectivity index (χ4n) is 2.20. The molecule has 1 heterocycles. The molecule has 8 nitrogen and oxygen atoms in total. The smallest absolute Gasteiger partial charge is 0.222 e. The van der Waals surface area contributed by atoms with Crippen LogP contribution in [0.4, 0.5) is 0 Å². The lowest BCUT2D eigenvalue weighted by Crippen LogP contribution is -2.33. The van der Waals surface area contributed by atoms with Gasteiger partial charge in [-0.1, -0.05) is 13.8 Å². The van der Waals surface area contributed by atoms with Crippen LogP contribution in [0.15, 0.2) is 0 Å². The number of carbonyl (C=O) groups excluding carboxylic acids is 2. The molecule has 0 radical (unpaired) electrons. The van der Waals surface area contributed by atoms with Crippen LogP contribution in [0, 0.1) is 5.92 Å². The van der Waals surface area contributed by atoms with Crippen molar-refractivity contribution in [3.05, 3.63) is 5.82 Å². The number of nitrogens with zero attached hydrogens (tertiary/aromatic N) is 4. The molecule has 22 heavy (non-hydrogen) atoms. The predicted molar refractivity (Wildman–Crippen MR) is 79.7 cm³/mol. The predicted octanol–water partition coefficient (Wildman–Crippen LogP) is 0.738. The van der Waals surface area contributed by atoms with Crippen molar-refractivity contribution in [2.24, 2.45) is 5.92 Å². The Morgan fingerprint density at radius 1 is 1.27 bits per heavy atom. The van der Waals surface area contributed by atoms with Crippen LogP contribution < -0.4 is 10.6 Å². The summed E-state index contributed by atoms with van der Waals surface area (Å²) >= 11 is 0. The lowest BCUT2D eigenvalue weighted by molar-refractivity contribution is -0.123. The summed E-state index contributed by atoms with van der Waals surface area (Å²) in [6.07, 6.45) is 2.90. The molecular weight excluding hydrogens is 284 g/mol. The van der Waals surface area contributed by atoms with Crippen molar-refractivity contribution in [3.63, 3.8) is 0 Å². The fourth-order valence-corrected chi connectivity index (χ4v) is 2.20. The molecule has 122 valence electrons. The van der Waals surface area contributed by atoms with Gasteiger partial charge >= 0.3 is 0 Å². The third-order valence-electron chi connectivity index (χ3n) is 3.44. The normalized spacial score (nSPS) is 15.6. The minimum Gasteiger partial charge on any atom is -0.356 e. The standard InChI is InChI=1S/C14H24N6O2/c1-9(2)8-13(22)15-7-6-12(21)16-10(3)14-17-18-19-20(14)11-4-5-11/h9-11H,4-8H2,1-3H3,(H,15,22)(H,16,21)/t10-/m1/s1. The van der Waals surface area contributed by atoms with Crippen LogP contribution in [0.1, 0.15) is 64.4 Å². The van der Waals surface area contributed by atoms with Gasteiger partial charge in [-0.05, 0) is 36.1 Å². The van der Waals surface area contributed by atoms with E-state index in [0.717, 1.165) is 12.8 Å². The number of nitrogens with one attached hydrogen (secondary N) is 2. The number of hydrogen-bond donors (Lipinski definition) is 2. The van der Waals surface area contributed by atoms with Crippen molar-refractivity contribution in [2.75, 3.05) is 6.54 Å². The van der Waals surface area contributed by atoms with E-state index in [-0.39, 0.29) is 24.3 Å². The van der Waals surface area contributed by atoms with E-state index in [1.54, 1.807) is 4.68 Å². The first-order chi connectivity index (χ1) is 10.5. The number of rotatable bonds is 8. The maximum absolute atomic E-state index is 11.9. The Bertz CT molecular complexity index is 523. The van der Waals surface area contributed by atoms with Gasteiger partial charge in [-0.2, -0.15) is 0 Å². The summed E-state index contributed by atoms with van der Waals surface area (Å²) in [5, 5.41) is 17.2. The summed E-state index contributed by atoms with van der Waals surface area (Å²) in [6, 6.07) is 0.133. The monoisotopic (exact) mass is 308 g/mol. The van der Waals surface area contributed by atoms with E-state index < -0.39 is 0 Å². The molecule has 0 spiro atoms. The van der Waals surface area contributed by atoms with Crippen molar-refractivity contribution in [1.29, 1.82) is 0 Å². The summed E-state index contributed by atoms with van der Waals surface area (Å²) < 4.78 is 1.79. The Labute approximate surface area is 130 Å². The first-order valence-corrected chi connectivity index (χ1v) is 7.81. The molecule has 8 heteroatoms. The SMILES string of the molecule is CC(C)CC(=O)NCCC(=O)N[C@H](C)c1nnnn1C1CC1. The van der Waals surface area contributed by atoms with Crippen LogP contribution in [0.25, 0.3) is 0 Å². The summed E-state index contributed by atoms with van der Waals surface area (Å²) in [4.78, 5) is 23.4. The van der Waals surface area contributed by atoms with E-state index in [1.807, 2.05) is 20.8 Å². The lowest BCUT2D eigenvalue weighted by atomic mass is 10.1. The van der Waals surface area contributed by atoms with E-state index in [2.05, 4.69) is 26.2 Å². The van der Waals surface area contributed by atoms with Gasteiger partial charge in [-0.15, -0.1) is 5.10 Å². The largest absolute Gasteiger partial charge is 0.356 e. The van der Waals surface area contributed by atoms with Crippen LogP contribution in [-0.2, 0) is 9.59 Å². The van der Waals surface area contributed by atoms with Crippen LogP contribution in [0.3, 0.4) is 0 Å². The first-order valence-electron chi connectivity index (χ1n) is 7.81. The van der Waals surface area contributed by atoms with E-state index in [9.17, 15) is 9.59 Å². The molecule has 2 amide bonds. The molecular formula is C14H24N6O2. The third kappa shape index (κ3) is 4.78. The van der Waals surface area contributed by atoms with E-state index in [0.29, 0.717) is 30.7 Å². The number of aromatic nitrogens is 4. The topological polar surface area (TPSA) is 102 Å². The first kappa shape index (κ1) is 16.4. The van der Waals surface area contributed by atoms with Gasteiger partial charge in [-0.3, -0.25) is 9.59 Å². The second-order valence-corrected chi connectivity index (χ2v) is 6.20. The number of amides is 2. The van der Waals surface area contributed by atoms with Gasteiger partial charge in [0.05, 0.1) is 12.1 Å². The molecule has 1 fully saturated rings. The maximum Gasteiger partial charge on any atom is 0.222 e. The summed E-state index contributed by atoms with van der Waals surface area (Å²) in [6.45, 7) is 6.17. The van der Waals surface area contributed by atoms with Crippen LogP contribution in [0.5, 0.6) is 0 Å². The van der Waals surface area contributed by atoms with Gasteiger partial charge in [0.25, 0.3) is 0 Å². The second kappa shape index (κ2) is 7.33. The minimum absolute atomic E-state index is 0.0199. The third-order valence-corrected chi connectivity index (χ3v) is 3.44. The lowest BCUT2D eigenvalue weighted by Gasteiger charge is -2.13. The van der Waals surface area contributed by atoms with Crippen molar-refractivity contribution < 1.29 is 9.59 Å². The minimum atomic E-state index is -0.241. The highest BCUT2D eigenvalue weighted by Gasteiger charge is 2.29. The molecule has 0 bridgehead atoms. The van der Waals surface area contributed by atoms with Crippen molar-refractivity contribution >= 4 is 11.8 Å². The summed E-state index contributed by atoms with van der Waals surface area (Å²) in [5.74, 6) is 0.853. The Morgan fingerprint density at radius 3 is 2.64 bits per heavy atom. The average Bonchev–Trinajstić information content (AvgIpc) is 3.14. The quantitative estimate of drug-likeness (QED) is 0.737. The highest BCUT2D eigenvalue weighted by molar-refractivity contribution is 5.79. The van der Waals surface area contributed by atoms with E-state index >= 15 is 0 Å². The molecule has 2 rings (SSSR count). The molecule has 2 N–H and O–H groups in total. The van der Waals surface area contributed by atoms with Gasteiger partial charge in [0, 0.05) is 19.4 Å². The van der Waals surface area contributed by atoms with Crippen LogP contribution in [0.2, 0.25) is 0 Å². The molecule has 1 atom stereocenters. The molecule has 1 aliphatic carbocycles. The van der Waals surface area contributed by atoms with Gasteiger partial charge in [-0.25, -0.2) is 4.68 Å².